The van der Waals surface area contributed by atoms with Gasteiger partial charge in [0.15, 0.2) is 0 Å². The maximum absolute atomic E-state index is 13.0. The van der Waals surface area contributed by atoms with E-state index >= 15 is 0 Å². The minimum absolute atomic E-state index is 0.0490. The molecule has 0 aliphatic rings. The van der Waals surface area contributed by atoms with Crippen molar-refractivity contribution in [3.63, 3.8) is 0 Å². The highest BCUT2D eigenvalue weighted by atomic mass is 16.6. The van der Waals surface area contributed by atoms with Gasteiger partial charge in [-0.15, -0.1) is 0 Å². The van der Waals surface area contributed by atoms with Crippen LogP contribution in [0.5, 0.6) is 0 Å². The van der Waals surface area contributed by atoms with Crippen molar-refractivity contribution in [1.29, 1.82) is 0 Å². The molecular formula is C24H23N3O4. The maximum atomic E-state index is 13.0. The van der Waals surface area contributed by atoms with Gasteiger partial charge in [-0.1, -0.05) is 42.5 Å². The lowest BCUT2D eigenvalue weighted by Gasteiger charge is -2.26. The van der Waals surface area contributed by atoms with Crippen LogP contribution in [-0.4, -0.2) is 28.7 Å². The fraction of sp³-hybridized carbons (Fsp3) is 0.167. The number of nitrogens with zero attached hydrogens (tertiary/aromatic N) is 2. The number of benzene rings is 3. The number of nitrogens with one attached hydrogen (secondary N) is 1. The Morgan fingerprint density at radius 3 is 2.35 bits per heavy atom. The van der Waals surface area contributed by atoms with Crippen LogP contribution in [0, 0.1) is 17.0 Å². The standard InChI is InChI=1S/C24H23N3O4/c1-16-9-7-14-21(22(16)27(30)31)24(29)26(3)17(2)19-12-8-13-20(15-19)25-23(28)18-10-5-4-6-11-18/h4-15,17H,1-3H3,(H,25,28). The van der Waals surface area contributed by atoms with Gasteiger partial charge in [0, 0.05) is 23.9 Å². The maximum Gasteiger partial charge on any atom is 0.285 e. The lowest BCUT2D eigenvalue weighted by Crippen LogP contribution is -2.30. The molecule has 1 N–H and O–H groups in total. The first kappa shape index (κ1) is 21.7. The van der Waals surface area contributed by atoms with Crippen LogP contribution < -0.4 is 5.32 Å². The summed E-state index contributed by atoms with van der Waals surface area (Å²) in [4.78, 5) is 37.9. The SMILES string of the molecule is Cc1cccc(C(=O)N(C)C(C)c2cccc(NC(=O)c3ccccc3)c2)c1[N+](=O)[O-]. The third-order valence-corrected chi connectivity index (χ3v) is 5.21. The molecular weight excluding hydrogens is 394 g/mol. The summed E-state index contributed by atoms with van der Waals surface area (Å²) in [6, 6.07) is 20.4. The number of amides is 2. The molecule has 7 heteroatoms. The molecule has 0 saturated heterocycles. The molecule has 31 heavy (non-hydrogen) atoms. The molecule has 0 aliphatic carbocycles. The van der Waals surface area contributed by atoms with E-state index in [2.05, 4.69) is 5.32 Å². The fourth-order valence-electron chi connectivity index (χ4n) is 3.33. The number of para-hydroxylation sites is 1. The summed E-state index contributed by atoms with van der Waals surface area (Å²) in [6.45, 7) is 3.44. The Hall–Kier alpha value is -4.00. The zero-order chi connectivity index (χ0) is 22.5. The lowest BCUT2D eigenvalue weighted by atomic mass is 10.0. The van der Waals surface area contributed by atoms with Gasteiger partial charge in [-0.3, -0.25) is 19.7 Å². The minimum atomic E-state index is -0.527. The molecule has 3 rings (SSSR count). The largest absolute Gasteiger partial charge is 0.335 e. The number of nitro benzene ring substituents is 1. The minimum Gasteiger partial charge on any atom is -0.335 e. The number of aryl methyl sites for hydroxylation is 1. The zero-order valence-corrected chi connectivity index (χ0v) is 17.5. The van der Waals surface area contributed by atoms with E-state index in [4.69, 9.17) is 0 Å². The first-order valence-electron chi connectivity index (χ1n) is 9.77. The van der Waals surface area contributed by atoms with Crippen molar-refractivity contribution in [3.05, 3.63) is 105 Å². The quantitative estimate of drug-likeness (QED) is 0.452. The molecule has 3 aromatic rings. The Morgan fingerprint density at radius 2 is 1.68 bits per heavy atom. The van der Waals surface area contributed by atoms with Gasteiger partial charge in [0.1, 0.15) is 5.56 Å². The third kappa shape index (κ3) is 4.78. The second-order valence-corrected chi connectivity index (χ2v) is 7.27. The first-order valence-corrected chi connectivity index (χ1v) is 9.77. The summed E-state index contributed by atoms with van der Waals surface area (Å²) in [5.41, 5.74) is 2.23. The smallest absolute Gasteiger partial charge is 0.285 e. The third-order valence-electron chi connectivity index (χ3n) is 5.21. The second kappa shape index (κ2) is 9.21. The molecule has 0 bridgehead atoms. The average Bonchev–Trinajstić information content (AvgIpc) is 2.77. The van der Waals surface area contributed by atoms with Gasteiger partial charge in [0.2, 0.25) is 0 Å². The van der Waals surface area contributed by atoms with Gasteiger partial charge in [0.25, 0.3) is 17.5 Å². The van der Waals surface area contributed by atoms with Gasteiger partial charge in [0.05, 0.1) is 11.0 Å². The van der Waals surface area contributed by atoms with Crippen LogP contribution in [0.2, 0.25) is 0 Å². The van der Waals surface area contributed by atoms with Crippen molar-refractivity contribution in [2.24, 2.45) is 0 Å². The molecule has 1 unspecified atom stereocenters. The highest BCUT2D eigenvalue weighted by molar-refractivity contribution is 6.04. The second-order valence-electron chi connectivity index (χ2n) is 7.27. The van der Waals surface area contributed by atoms with Crippen molar-refractivity contribution in [2.75, 3.05) is 12.4 Å². The van der Waals surface area contributed by atoms with Crippen molar-refractivity contribution in [1.82, 2.24) is 4.90 Å². The predicted molar refractivity (Wildman–Crippen MR) is 119 cm³/mol. The molecule has 0 fully saturated rings. The van der Waals surface area contributed by atoms with Crippen molar-refractivity contribution < 1.29 is 14.5 Å². The highest BCUT2D eigenvalue weighted by Crippen LogP contribution is 2.28. The highest BCUT2D eigenvalue weighted by Gasteiger charge is 2.27. The number of nitro groups is 1. The molecule has 3 aromatic carbocycles. The molecule has 0 spiro atoms. The number of hydrogen-bond acceptors (Lipinski definition) is 4. The van der Waals surface area contributed by atoms with E-state index in [0.29, 0.717) is 16.8 Å². The lowest BCUT2D eigenvalue weighted by molar-refractivity contribution is -0.385. The molecule has 0 saturated carbocycles. The number of hydrogen-bond donors (Lipinski definition) is 1. The van der Waals surface area contributed by atoms with Gasteiger partial charge in [-0.2, -0.15) is 0 Å². The van der Waals surface area contributed by atoms with Crippen LogP contribution in [0.3, 0.4) is 0 Å². The number of rotatable bonds is 6. The molecule has 0 heterocycles. The van der Waals surface area contributed by atoms with E-state index in [-0.39, 0.29) is 23.2 Å². The topological polar surface area (TPSA) is 92.6 Å². The zero-order valence-electron chi connectivity index (χ0n) is 17.5. The van der Waals surface area contributed by atoms with E-state index in [9.17, 15) is 19.7 Å². The average molecular weight is 417 g/mol. The Morgan fingerprint density at radius 1 is 1.00 bits per heavy atom. The summed E-state index contributed by atoms with van der Waals surface area (Å²) in [7, 11) is 1.61. The van der Waals surface area contributed by atoms with Crippen LogP contribution >= 0.6 is 0 Å². The Kier molecular flexibility index (Phi) is 6.45. The number of carbonyl (C=O) groups excluding carboxylic acids is 2. The molecule has 0 aliphatic heterocycles. The summed E-state index contributed by atoms with van der Waals surface area (Å²) < 4.78 is 0. The summed E-state index contributed by atoms with van der Waals surface area (Å²) in [6.07, 6.45) is 0. The molecule has 7 nitrogen and oxygen atoms in total. The van der Waals surface area contributed by atoms with Gasteiger partial charge < -0.3 is 10.2 Å². The Bertz CT molecular complexity index is 1130. The molecule has 0 radical (unpaired) electrons. The van der Waals surface area contributed by atoms with Crippen LogP contribution in [0.25, 0.3) is 0 Å². The van der Waals surface area contributed by atoms with Crippen LogP contribution in [0.1, 0.15) is 44.8 Å². The van der Waals surface area contributed by atoms with Crippen LogP contribution in [-0.2, 0) is 0 Å². The van der Waals surface area contributed by atoms with E-state index in [1.165, 1.54) is 11.0 Å². The molecule has 1 atom stereocenters. The van der Waals surface area contributed by atoms with E-state index in [1.54, 1.807) is 68.6 Å². The number of carbonyl (C=O) groups is 2. The molecule has 0 aromatic heterocycles. The van der Waals surface area contributed by atoms with Gasteiger partial charge in [-0.05, 0) is 49.7 Å². The Labute approximate surface area is 180 Å². The van der Waals surface area contributed by atoms with E-state index in [0.717, 1.165) is 5.56 Å². The van der Waals surface area contributed by atoms with Gasteiger partial charge >= 0.3 is 0 Å². The van der Waals surface area contributed by atoms with E-state index in [1.807, 2.05) is 19.1 Å². The summed E-state index contributed by atoms with van der Waals surface area (Å²) in [5, 5.41) is 14.3. The molecule has 2 amide bonds. The van der Waals surface area contributed by atoms with E-state index < -0.39 is 10.8 Å². The molecule has 158 valence electrons. The fourth-order valence-corrected chi connectivity index (χ4v) is 3.33. The number of anilines is 1. The van der Waals surface area contributed by atoms with Crippen molar-refractivity contribution in [3.8, 4) is 0 Å². The van der Waals surface area contributed by atoms with Crippen LogP contribution in [0.15, 0.2) is 72.8 Å². The first-order chi connectivity index (χ1) is 14.8. The monoisotopic (exact) mass is 417 g/mol. The Balaban J connectivity index is 1.82. The van der Waals surface area contributed by atoms with Crippen LogP contribution in [0.4, 0.5) is 11.4 Å². The van der Waals surface area contributed by atoms with Gasteiger partial charge in [-0.25, -0.2) is 0 Å². The summed E-state index contributed by atoms with van der Waals surface area (Å²) >= 11 is 0. The summed E-state index contributed by atoms with van der Waals surface area (Å²) in [5.74, 6) is -0.674. The van der Waals surface area contributed by atoms with Crippen molar-refractivity contribution in [2.45, 2.75) is 19.9 Å². The predicted octanol–water partition coefficient (Wildman–Crippen LogP) is 4.99. The van der Waals surface area contributed by atoms with Crippen molar-refractivity contribution >= 4 is 23.2 Å². The normalized spacial score (nSPS) is 11.5.